The van der Waals surface area contributed by atoms with E-state index in [1.165, 1.54) is 17.7 Å². The number of aryl methyl sites for hydroxylation is 1. The number of amides is 1. The average Bonchev–Trinajstić information content (AvgIpc) is 3.40. The van der Waals surface area contributed by atoms with Crippen molar-refractivity contribution >= 4 is 22.6 Å². The molecule has 2 aromatic heterocycles. The summed E-state index contributed by atoms with van der Waals surface area (Å²) in [7, 11) is 0. The zero-order chi connectivity index (χ0) is 26.8. The van der Waals surface area contributed by atoms with E-state index in [1.54, 1.807) is 22.8 Å². The molecule has 1 saturated heterocycles. The second-order valence-corrected chi connectivity index (χ2v) is 9.93. The highest BCUT2D eigenvalue weighted by Gasteiger charge is 2.22. The fourth-order valence-electron chi connectivity index (χ4n) is 5.27. The Bertz CT molecular complexity index is 1670. The maximum absolute atomic E-state index is 13.4. The van der Waals surface area contributed by atoms with Gasteiger partial charge in [-0.05, 0) is 35.4 Å². The number of hydrogen-bond acceptors (Lipinski definition) is 5. The zero-order valence-electron chi connectivity index (χ0n) is 21.5. The molecule has 1 aliphatic rings. The molecular weight excluding hydrogens is 495 g/mol. The molecule has 0 saturated carbocycles. The van der Waals surface area contributed by atoms with Gasteiger partial charge in [0.2, 0.25) is 11.7 Å². The Morgan fingerprint density at radius 3 is 2.26 bits per heavy atom. The minimum absolute atomic E-state index is 0.0926. The molecule has 1 amide bonds. The van der Waals surface area contributed by atoms with Crippen LogP contribution in [0.1, 0.15) is 23.4 Å². The number of piperazine rings is 1. The van der Waals surface area contributed by atoms with Gasteiger partial charge in [-0.3, -0.25) is 23.5 Å². The van der Waals surface area contributed by atoms with E-state index < -0.39 is 0 Å². The molecule has 0 atom stereocenters. The molecule has 9 heteroatoms. The number of carbonyl (C=O) groups is 1. The first kappa shape index (κ1) is 24.9. The van der Waals surface area contributed by atoms with E-state index in [9.17, 15) is 14.0 Å². The number of nitrogens with zero attached hydrogens (tertiary/aromatic N) is 6. The number of hydrogen-bond donors (Lipinski definition) is 0. The Morgan fingerprint density at radius 2 is 1.49 bits per heavy atom. The third kappa shape index (κ3) is 5.18. The molecule has 39 heavy (non-hydrogen) atoms. The van der Waals surface area contributed by atoms with Crippen molar-refractivity contribution in [3.8, 4) is 0 Å². The molecular formula is C30H29FN6O2. The summed E-state index contributed by atoms with van der Waals surface area (Å²) < 4.78 is 16.9. The third-order valence-electron chi connectivity index (χ3n) is 7.37. The van der Waals surface area contributed by atoms with Gasteiger partial charge in [-0.25, -0.2) is 4.39 Å². The van der Waals surface area contributed by atoms with Crippen LogP contribution in [0, 0.1) is 5.82 Å². The lowest BCUT2D eigenvalue weighted by Gasteiger charge is -2.34. The molecule has 198 valence electrons. The zero-order valence-corrected chi connectivity index (χ0v) is 21.5. The summed E-state index contributed by atoms with van der Waals surface area (Å²) in [6, 6.07) is 23.8. The number of carbonyl (C=O) groups excluding carboxylic acids is 1. The lowest BCUT2D eigenvalue weighted by atomic mass is 10.2. The SMILES string of the molecule is O=C(CCc1nnc2n(Cc3ccc(F)cc3)c(=O)c3ccccc3n12)N1CCN(Cc2ccccc2)CC1. The highest BCUT2D eigenvalue weighted by molar-refractivity contribution is 5.80. The predicted molar refractivity (Wildman–Crippen MR) is 147 cm³/mol. The van der Waals surface area contributed by atoms with E-state index in [0.29, 0.717) is 48.4 Å². The number of fused-ring (bicyclic) bond motifs is 3. The van der Waals surface area contributed by atoms with Crippen molar-refractivity contribution in [3.05, 3.63) is 112 Å². The van der Waals surface area contributed by atoms with Crippen LogP contribution < -0.4 is 5.56 Å². The molecule has 3 aromatic carbocycles. The lowest BCUT2D eigenvalue weighted by molar-refractivity contribution is -0.133. The number of rotatable bonds is 7. The minimum atomic E-state index is -0.332. The molecule has 8 nitrogen and oxygen atoms in total. The van der Waals surface area contributed by atoms with E-state index in [-0.39, 0.29) is 23.8 Å². The van der Waals surface area contributed by atoms with E-state index in [4.69, 9.17) is 0 Å². The fraction of sp³-hybridized carbons (Fsp3) is 0.267. The molecule has 0 radical (unpaired) electrons. The minimum Gasteiger partial charge on any atom is -0.340 e. The van der Waals surface area contributed by atoms with Crippen molar-refractivity contribution < 1.29 is 9.18 Å². The quantitative estimate of drug-likeness (QED) is 0.326. The van der Waals surface area contributed by atoms with Gasteiger partial charge in [0.05, 0.1) is 17.4 Å². The monoisotopic (exact) mass is 524 g/mol. The van der Waals surface area contributed by atoms with Gasteiger partial charge in [-0.15, -0.1) is 10.2 Å². The van der Waals surface area contributed by atoms with Gasteiger partial charge < -0.3 is 4.90 Å². The highest BCUT2D eigenvalue weighted by atomic mass is 19.1. The summed E-state index contributed by atoms with van der Waals surface area (Å²) in [5.74, 6) is 0.793. The van der Waals surface area contributed by atoms with E-state index in [0.717, 1.165) is 25.2 Å². The van der Waals surface area contributed by atoms with Gasteiger partial charge in [-0.2, -0.15) is 0 Å². The van der Waals surface area contributed by atoms with E-state index >= 15 is 0 Å². The number of benzene rings is 3. The van der Waals surface area contributed by atoms with Crippen LogP contribution >= 0.6 is 0 Å². The molecule has 1 fully saturated rings. The van der Waals surface area contributed by atoms with Gasteiger partial charge in [0.25, 0.3) is 5.56 Å². The van der Waals surface area contributed by atoms with E-state index in [1.807, 2.05) is 33.6 Å². The fourth-order valence-corrected chi connectivity index (χ4v) is 5.27. The molecule has 0 bridgehead atoms. The first-order chi connectivity index (χ1) is 19.1. The van der Waals surface area contributed by atoms with Gasteiger partial charge in [0.15, 0.2) is 0 Å². The predicted octanol–water partition coefficient (Wildman–Crippen LogP) is 3.51. The lowest BCUT2D eigenvalue weighted by Crippen LogP contribution is -2.48. The molecule has 0 spiro atoms. The molecule has 1 aliphatic heterocycles. The summed E-state index contributed by atoms with van der Waals surface area (Å²) in [4.78, 5) is 30.8. The van der Waals surface area contributed by atoms with Gasteiger partial charge >= 0.3 is 0 Å². The topological polar surface area (TPSA) is 75.7 Å². The normalized spacial score (nSPS) is 14.3. The Labute approximate surface area is 224 Å². The molecule has 0 unspecified atom stereocenters. The molecule has 5 aromatic rings. The molecule has 0 N–H and O–H groups in total. The molecule has 0 aliphatic carbocycles. The summed E-state index contributed by atoms with van der Waals surface area (Å²) in [5, 5.41) is 9.28. The van der Waals surface area contributed by atoms with Gasteiger partial charge in [0, 0.05) is 45.6 Å². The van der Waals surface area contributed by atoms with Crippen molar-refractivity contribution in [2.45, 2.75) is 25.9 Å². The van der Waals surface area contributed by atoms with Gasteiger partial charge in [-0.1, -0.05) is 54.6 Å². The van der Waals surface area contributed by atoms with Crippen molar-refractivity contribution in [3.63, 3.8) is 0 Å². The first-order valence-corrected chi connectivity index (χ1v) is 13.2. The Morgan fingerprint density at radius 1 is 0.795 bits per heavy atom. The number of para-hydroxylation sites is 1. The van der Waals surface area contributed by atoms with Crippen LogP contribution in [0.25, 0.3) is 16.7 Å². The summed E-state index contributed by atoms with van der Waals surface area (Å²) >= 11 is 0. The van der Waals surface area contributed by atoms with Crippen molar-refractivity contribution in [2.24, 2.45) is 0 Å². The van der Waals surface area contributed by atoms with Crippen molar-refractivity contribution in [2.75, 3.05) is 26.2 Å². The van der Waals surface area contributed by atoms with E-state index in [2.05, 4.69) is 39.4 Å². The summed E-state index contributed by atoms with van der Waals surface area (Å²) in [6.45, 7) is 4.21. The highest BCUT2D eigenvalue weighted by Crippen LogP contribution is 2.18. The number of halogens is 1. The van der Waals surface area contributed by atoms with Crippen LogP contribution in [0.15, 0.2) is 83.7 Å². The van der Waals surface area contributed by atoms with Crippen LogP contribution in [0.4, 0.5) is 4.39 Å². The smallest absolute Gasteiger partial charge is 0.263 e. The Kier molecular flexibility index (Phi) is 6.89. The standard InChI is InChI=1S/C30H29FN6O2/c31-24-12-10-23(11-13-24)21-36-29(39)25-8-4-5-9-26(25)37-27(32-33-30(36)37)14-15-28(38)35-18-16-34(17-19-35)20-22-6-2-1-3-7-22/h1-13H,14-21H2. The van der Waals surface area contributed by atoms with Crippen LogP contribution in [0.3, 0.4) is 0 Å². The third-order valence-corrected chi connectivity index (χ3v) is 7.37. The average molecular weight is 525 g/mol. The van der Waals surface area contributed by atoms with Crippen molar-refractivity contribution in [1.29, 1.82) is 0 Å². The first-order valence-electron chi connectivity index (χ1n) is 13.2. The maximum atomic E-state index is 13.4. The largest absolute Gasteiger partial charge is 0.340 e. The Balaban J connectivity index is 1.19. The van der Waals surface area contributed by atoms with Crippen LogP contribution in [-0.2, 0) is 24.3 Å². The Hall–Kier alpha value is -4.37. The summed E-state index contributed by atoms with van der Waals surface area (Å²) in [6.07, 6.45) is 0.716. The molecule has 6 rings (SSSR count). The van der Waals surface area contributed by atoms with Crippen LogP contribution in [-0.4, -0.2) is 61.1 Å². The van der Waals surface area contributed by atoms with Crippen LogP contribution in [0.5, 0.6) is 0 Å². The summed E-state index contributed by atoms with van der Waals surface area (Å²) in [5.41, 5.74) is 2.57. The van der Waals surface area contributed by atoms with Gasteiger partial charge in [0.1, 0.15) is 11.6 Å². The van der Waals surface area contributed by atoms with Crippen LogP contribution in [0.2, 0.25) is 0 Å². The maximum Gasteiger partial charge on any atom is 0.263 e. The van der Waals surface area contributed by atoms with Crippen molar-refractivity contribution in [1.82, 2.24) is 29.0 Å². The second-order valence-electron chi connectivity index (χ2n) is 9.93. The number of aromatic nitrogens is 4. The molecule has 3 heterocycles. The second kappa shape index (κ2) is 10.8.